The Morgan fingerprint density at radius 2 is 2.25 bits per heavy atom. The standard InChI is InChI=1S/C16H23N3S/c1-11-7-14(13(3)20-11)12(2)19-10-18-8-15(19)16(4)5-6-17-9-16/h7-8,10,12,17H,5-6,9H2,1-4H3. The van der Waals surface area contributed by atoms with Gasteiger partial charge in [-0.15, -0.1) is 11.3 Å². The summed E-state index contributed by atoms with van der Waals surface area (Å²) in [6, 6.07) is 2.68. The molecule has 1 aliphatic heterocycles. The van der Waals surface area contributed by atoms with Crippen molar-refractivity contribution in [1.29, 1.82) is 0 Å². The SMILES string of the molecule is Cc1cc(C(C)n2cncc2C2(C)CCNC2)c(C)s1. The molecule has 1 N–H and O–H groups in total. The van der Waals surface area contributed by atoms with Crippen molar-refractivity contribution in [2.24, 2.45) is 0 Å². The molecule has 0 aromatic carbocycles. The molecule has 2 atom stereocenters. The Bertz CT molecular complexity index is 605. The molecule has 108 valence electrons. The Morgan fingerprint density at radius 3 is 2.85 bits per heavy atom. The number of thiophene rings is 1. The van der Waals surface area contributed by atoms with Crippen LogP contribution in [0.5, 0.6) is 0 Å². The molecule has 0 spiro atoms. The molecule has 1 fully saturated rings. The van der Waals surface area contributed by atoms with Crippen molar-refractivity contribution in [3.05, 3.63) is 39.6 Å². The molecule has 2 unspecified atom stereocenters. The fourth-order valence-electron chi connectivity index (χ4n) is 3.33. The zero-order valence-corrected chi connectivity index (χ0v) is 13.5. The number of rotatable bonds is 3. The van der Waals surface area contributed by atoms with Gasteiger partial charge in [0, 0.05) is 33.6 Å². The minimum atomic E-state index is 0.212. The average Bonchev–Trinajstić information content (AvgIpc) is 3.08. The highest BCUT2D eigenvalue weighted by atomic mass is 32.1. The van der Waals surface area contributed by atoms with E-state index in [2.05, 4.69) is 54.8 Å². The summed E-state index contributed by atoms with van der Waals surface area (Å²) in [5.74, 6) is 0. The van der Waals surface area contributed by atoms with Crippen LogP contribution in [-0.2, 0) is 5.41 Å². The van der Waals surface area contributed by atoms with Crippen LogP contribution < -0.4 is 5.32 Å². The zero-order chi connectivity index (χ0) is 14.3. The molecule has 0 saturated carbocycles. The summed E-state index contributed by atoms with van der Waals surface area (Å²) in [5, 5.41) is 3.48. The smallest absolute Gasteiger partial charge is 0.0954 e. The van der Waals surface area contributed by atoms with Gasteiger partial charge >= 0.3 is 0 Å². The van der Waals surface area contributed by atoms with Crippen LogP contribution >= 0.6 is 11.3 Å². The van der Waals surface area contributed by atoms with E-state index in [1.807, 2.05) is 17.7 Å². The van der Waals surface area contributed by atoms with Crippen molar-refractivity contribution in [1.82, 2.24) is 14.9 Å². The second kappa shape index (κ2) is 5.01. The molecule has 0 amide bonds. The lowest BCUT2D eigenvalue weighted by molar-refractivity contribution is 0.460. The number of hydrogen-bond donors (Lipinski definition) is 1. The molecule has 1 aliphatic rings. The Kier molecular flexibility index (Phi) is 3.46. The summed E-state index contributed by atoms with van der Waals surface area (Å²) < 4.78 is 2.36. The predicted octanol–water partition coefficient (Wildman–Crippen LogP) is 3.42. The van der Waals surface area contributed by atoms with E-state index >= 15 is 0 Å². The normalized spacial score (nSPS) is 24.2. The first-order valence-electron chi connectivity index (χ1n) is 7.31. The van der Waals surface area contributed by atoms with Gasteiger partial charge in [-0.1, -0.05) is 6.92 Å². The van der Waals surface area contributed by atoms with Crippen LogP contribution in [0.2, 0.25) is 0 Å². The number of hydrogen-bond acceptors (Lipinski definition) is 3. The number of aromatic nitrogens is 2. The molecule has 4 heteroatoms. The molecule has 0 aliphatic carbocycles. The van der Waals surface area contributed by atoms with Crippen molar-refractivity contribution < 1.29 is 0 Å². The third kappa shape index (κ3) is 2.21. The van der Waals surface area contributed by atoms with Crippen LogP contribution in [0.15, 0.2) is 18.6 Å². The van der Waals surface area contributed by atoms with Crippen LogP contribution in [0.1, 0.15) is 47.3 Å². The van der Waals surface area contributed by atoms with E-state index in [9.17, 15) is 0 Å². The number of nitrogens with zero attached hydrogens (tertiary/aromatic N) is 2. The average molecular weight is 289 g/mol. The van der Waals surface area contributed by atoms with Crippen molar-refractivity contribution in [2.45, 2.75) is 45.6 Å². The van der Waals surface area contributed by atoms with Crippen LogP contribution in [0.4, 0.5) is 0 Å². The fourth-order valence-corrected chi connectivity index (χ4v) is 4.35. The first-order chi connectivity index (χ1) is 9.51. The van der Waals surface area contributed by atoms with E-state index in [0.29, 0.717) is 6.04 Å². The highest BCUT2D eigenvalue weighted by molar-refractivity contribution is 7.12. The van der Waals surface area contributed by atoms with Crippen molar-refractivity contribution in [2.75, 3.05) is 13.1 Å². The number of nitrogens with one attached hydrogen (secondary N) is 1. The Hall–Kier alpha value is -1.13. The third-order valence-corrected chi connectivity index (χ3v) is 5.58. The maximum absolute atomic E-state index is 4.43. The third-order valence-electron chi connectivity index (χ3n) is 4.60. The lowest BCUT2D eigenvalue weighted by Crippen LogP contribution is -2.29. The van der Waals surface area contributed by atoms with Gasteiger partial charge in [-0.25, -0.2) is 4.98 Å². The van der Waals surface area contributed by atoms with Gasteiger partial charge in [0.15, 0.2) is 0 Å². The zero-order valence-electron chi connectivity index (χ0n) is 12.7. The highest BCUT2D eigenvalue weighted by Gasteiger charge is 2.34. The molecule has 1 saturated heterocycles. The monoisotopic (exact) mass is 289 g/mol. The van der Waals surface area contributed by atoms with E-state index < -0.39 is 0 Å². The van der Waals surface area contributed by atoms with Crippen LogP contribution in [-0.4, -0.2) is 22.6 Å². The van der Waals surface area contributed by atoms with Crippen LogP contribution in [0, 0.1) is 13.8 Å². The van der Waals surface area contributed by atoms with Gasteiger partial charge in [0.2, 0.25) is 0 Å². The molecule has 3 rings (SSSR count). The van der Waals surface area contributed by atoms with E-state index in [-0.39, 0.29) is 5.41 Å². The van der Waals surface area contributed by atoms with Crippen molar-refractivity contribution in [3.8, 4) is 0 Å². The summed E-state index contributed by atoms with van der Waals surface area (Å²) in [6.07, 6.45) is 5.24. The second-order valence-electron chi connectivity index (χ2n) is 6.22. The first kappa shape index (κ1) is 13.8. The lowest BCUT2D eigenvalue weighted by atomic mass is 9.86. The summed E-state index contributed by atoms with van der Waals surface area (Å²) >= 11 is 1.89. The Labute approximate surface area is 125 Å². The summed E-state index contributed by atoms with van der Waals surface area (Å²) in [4.78, 5) is 7.24. The molecular weight excluding hydrogens is 266 g/mol. The molecular formula is C16H23N3S. The van der Waals surface area contributed by atoms with E-state index in [0.717, 1.165) is 13.1 Å². The van der Waals surface area contributed by atoms with Crippen LogP contribution in [0.3, 0.4) is 0 Å². The maximum atomic E-state index is 4.43. The quantitative estimate of drug-likeness (QED) is 0.938. The van der Waals surface area contributed by atoms with Crippen molar-refractivity contribution in [3.63, 3.8) is 0 Å². The highest BCUT2D eigenvalue weighted by Crippen LogP contribution is 2.35. The first-order valence-corrected chi connectivity index (χ1v) is 8.13. The van der Waals surface area contributed by atoms with E-state index in [4.69, 9.17) is 0 Å². The summed E-state index contributed by atoms with van der Waals surface area (Å²) in [6.45, 7) is 11.2. The topological polar surface area (TPSA) is 29.9 Å². The molecule has 3 nitrogen and oxygen atoms in total. The molecule has 0 bridgehead atoms. The van der Waals surface area contributed by atoms with Gasteiger partial charge in [0.05, 0.1) is 12.4 Å². The van der Waals surface area contributed by atoms with Gasteiger partial charge in [-0.3, -0.25) is 0 Å². The predicted molar refractivity (Wildman–Crippen MR) is 84.7 cm³/mol. The Morgan fingerprint density at radius 1 is 1.45 bits per heavy atom. The van der Waals surface area contributed by atoms with Gasteiger partial charge in [-0.05, 0) is 45.4 Å². The maximum Gasteiger partial charge on any atom is 0.0954 e. The Balaban J connectivity index is 1.99. The van der Waals surface area contributed by atoms with Gasteiger partial charge in [-0.2, -0.15) is 0 Å². The van der Waals surface area contributed by atoms with Gasteiger partial charge < -0.3 is 9.88 Å². The largest absolute Gasteiger partial charge is 0.327 e. The summed E-state index contributed by atoms with van der Waals surface area (Å²) in [5.41, 5.74) is 3.00. The lowest BCUT2D eigenvalue weighted by Gasteiger charge is -2.27. The van der Waals surface area contributed by atoms with Gasteiger partial charge in [0.25, 0.3) is 0 Å². The number of imidazole rings is 1. The molecule has 2 aromatic rings. The van der Waals surface area contributed by atoms with E-state index in [1.165, 1.54) is 27.4 Å². The molecule has 20 heavy (non-hydrogen) atoms. The molecule has 0 radical (unpaired) electrons. The number of aryl methyl sites for hydroxylation is 2. The van der Waals surface area contributed by atoms with E-state index in [1.54, 1.807) is 0 Å². The minimum Gasteiger partial charge on any atom is -0.327 e. The second-order valence-corrected chi connectivity index (χ2v) is 7.68. The minimum absolute atomic E-state index is 0.212. The summed E-state index contributed by atoms with van der Waals surface area (Å²) in [7, 11) is 0. The van der Waals surface area contributed by atoms with Crippen molar-refractivity contribution >= 4 is 11.3 Å². The molecule has 3 heterocycles. The molecule has 2 aromatic heterocycles. The van der Waals surface area contributed by atoms with Gasteiger partial charge in [0.1, 0.15) is 0 Å². The van der Waals surface area contributed by atoms with Crippen LogP contribution in [0.25, 0.3) is 0 Å². The fraction of sp³-hybridized carbons (Fsp3) is 0.562.